The predicted octanol–water partition coefficient (Wildman–Crippen LogP) is 6.32. The van der Waals surface area contributed by atoms with Crippen molar-refractivity contribution in [1.82, 2.24) is 4.90 Å². The number of carbonyl (C=O) groups is 1. The fourth-order valence-electron chi connectivity index (χ4n) is 4.71. The number of aliphatic imine (C=N–C) groups is 1. The standard InChI is InChI=1S/C28H34N2O.C2H4O2.Ni/c1-20-15-23(27(31)26(16-20)28(2,3)4)17-29-18-24-12-8-14-30(24)19-22-11-7-10-21-9-5-6-13-25(21)22;1-2(3)4;/h5-7,9-11,13,15-17,24,31H,8,12,14,18-19H2,1-4H3;1H3,(H,3,4);/t24-;;/m0../s1. The van der Waals surface area contributed by atoms with E-state index in [-0.39, 0.29) is 21.9 Å². The minimum Gasteiger partial charge on any atom is -0.507 e. The summed E-state index contributed by atoms with van der Waals surface area (Å²) in [5, 5.41) is 20.9. The molecule has 6 heteroatoms. The summed E-state index contributed by atoms with van der Waals surface area (Å²) in [6, 6.07) is 19.8. The van der Waals surface area contributed by atoms with Gasteiger partial charge in [-0.2, -0.15) is 0 Å². The van der Waals surface area contributed by atoms with E-state index < -0.39 is 5.97 Å². The second-order valence-corrected chi connectivity index (χ2v) is 10.4. The largest absolute Gasteiger partial charge is 0.507 e. The van der Waals surface area contributed by atoms with Gasteiger partial charge in [0.15, 0.2) is 0 Å². The number of rotatable bonds is 5. The molecule has 196 valence electrons. The summed E-state index contributed by atoms with van der Waals surface area (Å²) in [4.78, 5) is 16.3. The SMILES string of the molecule is CC(=O)O.Cc1cc(C=NC[C@@H]2CCCN2Cc2cccc3ccccc23)c(O)c(C(C)(C)C)c1.[Ni]. The second-order valence-electron chi connectivity index (χ2n) is 10.4. The van der Waals surface area contributed by atoms with Crippen LogP contribution in [0.15, 0.2) is 59.6 Å². The van der Waals surface area contributed by atoms with E-state index in [0.29, 0.717) is 11.8 Å². The zero-order valence-electron chi connectivity index (χ0n) is 21.9. The first-order valence-electron chi connectivity index (χ1n) is 12.3. The van der Waals surface area contributed by atoms with Crippen molar-refractivity contribution in [2.75, 3.05) is 13.1 Å². The summed E-state index contributed by atoms with van der Waals surface area (Å²) in [5.74, 6) is -0.471. The third-order valence-corrected chi connectivity index (χ3v) is 6.39. The number of carboxylic acid groups (broad SMARTS) is 1. The predicted molar refractivity (Wildman–Crippen MR) is 145 cm³/mol. The summed E-state index contributed by atoms with van der Waals surface area (Å²) in [6.07, 6.45) is 4.26. The number of aromatic hydroxyl groups is 1. The number of hydrogen-bond donors (Lipinski definition) is 2. The van der Waals surface area contributed by atoms with Gasteiger partial charge in [-0.05, 0) is 59.7 Å². The molecule has 1 saturated heterocycles. The maximum absolute atomic E-state index is 10.8. The Hall–Kier alpha value is -2.69. The molecular formula is C30H38N2NiO3. The van der Waals surface area contributed by atoms with E-state index >= 15 is 0 Å². The summed E-state index contributed by atoms with van der Waals surface area (Å²) >= 11 is 0. The van der Waals surface area contributed by atoms with Crippen LogP contribution in [0.4, 0.5) is 0 Å². The van der Waals surface area contributed by atoms with Crippen molar-refractivity contribution in [2.45, 2.75) is 65.5 Å². The van der Waals surface area contributed by atoms with E-state index in [9.17, 15) is 5.11 Å². The Balaban J connectivity index is 0.000000850. The smallest absolute Gasteiger partial charge is 0.300 e. The number of benzene rings is 3. The van der Waals surface area contributed by atoms with Crippen LogP contribution in [0.25, 0.3) is 10.8 Å². The molecule has 36 heavy (non-hydrogen) atoms. The number of aliphatic carboxylic acids is 1. The third kappa shape index (κ3) is 7.91. The quantitative estimate of drug-likeness (QED) is 0.297. The Kier molecular flexibility index (Phi) is 10.7. The van der Waals surface area contributed by atoms with Gasteiger partial charge in [0.25, 0.3) is 5.97 Å². The summed E-state index contributed by atoms with van der Waals surface area (Å²) < 4.78 is 0. The van der Waals surface area contributed by atoms with Crippen LogP contribution in [0.2, 0.25) is 0 Å². The van der Waals surface area contributed by atoms with Crippen molar-refractivity contribution < 1.29 is 31.5 Å². The summed E-state index contributed by atoms with van der Waals surface area (Å²) in [6.45, 7) is 12.4. The Morgan fingerprint density at radius 1 is 1.14 bits per heavy atom. The average molecular weight is 533 g/mol. The van der Waals surface area contributed by atoms with Gasteiger partial charge in [0.05, 0.1) is 6.54 Å². The van der Waals surface area contributed by atoms with Gasteiger partial charge in [-0.1, -0.05) is 69.3 Å². The zero-order chi connectivity index (χ0) is 25.6. The number of hydrogen-bond acceptors (Lipinski definition) is 4. The van der Waals surface area contributed by atoms with Crippen LogP contribution in [-0.2, 0) is 33.2 Å². The van der Waals surface area contributed by atoms with Gasteiger partial charge in [-0.3, -0.25) is 14.7 Å². The van der Waals surface area contributed by atoms with Gasteiger partial charge >= 0.3 is 0 Å². The van der Waals surface area contributed by atoms with Gasteiger partial charge in [-0.25, -0.2) is 0 Å². The average Bonchev–Trinajstić information content (AvgIpc) is 3.22. The number of likely N-dealkylation sites (tertiary alicyclic amines) is 1. The second kappa shape index (κ2) is 13.0. The number of aryl methyl sites for hydroxylation is 1. The number of fused-ring (bicyclic) bond motifs is 1. The van der Waals surface area contributed by atoms with Crippen LogP contribution in [-0.4, -0.2) is 46.4 Å². The molecule has 1 aliphatic rings. The van der Waals surface area contributed by atoms with Crippen LogP contribution >= 0.6 is 0 Å². The van der Waals surface area contributed by atoms with Gasteiger partial charge in [0.1, 0.15) is 5.75 Å². The minimum absolute atomic E-state index is 0. The van der Waals surface area contributed by atoms with Crippen LogP contribution < -0.4 is 0 Å². The minimum atomic E-state index is -0.833. The molecule has 0 aromatic heterocycles. The molecule has 0 amide bonds. The van der Waals surface area contributed by atoms with E-state index in [2.05, 4.69) is 81.1 Å². The van der Waals surface area contributed by atoms with Gasteiger partial charge < -0.3 is 10.2 Å². The van der Waals surface area contributed by atoms with Crippen LogP contribution in [0, 0.1) is 6.92 Å². The van der Waals surface area contributed by atoms with E-state index in [1.54, 1.807) is 0 Å². The number of nitrogens with zero attached hydrogens (tertiary/aromatic N) is 2. The molecule has 4 rings (SSSR count). The van der Waals surface area contributed by atoms with Crippen molar-refractivity contribution in [2.24, 2.45) is 4.99 Å². The van der Waals surface area contributed by atoms with Gasteiger partial charge in [0, 0.05) is 53.3 Å². The molecule has 0 spiro atoms. The molecule has 0 aliphatic carbocycles. The normalized spacial score (nSPS) is 16.0. The van der Waals surface area contributed by atoms with Crippen molar-refractivity contribution in [3.8, 4) is 5.75 Å². The maximum atomic E-state index is 10.8. The first-order chi connectivity index (χ1) is 16.6. The molecule has 3 aromatic carbocycles. The van der Waals surface area contributed by atoms with Crippen molar-refractivity contribution in [1.29, 1.82) is 0 Å². The van der Waals surface area contributed by atoms with Crippen molar-refractivity contribution in [3.63, 3.8) is 0 Å². The topological polar surface area (TPSA) is 73.1 Å². The van der Waals surface area contributed by atoms with Crippen LogP contribution in [0.1, 0.15) is 62.8 Å². The number of phenolic OH excluding ortho intramolecular Hbond substituents is 1. The monoisotopic (exact) mass is 532 g/mol. The molecule has 1 atom stereocenters. The molecule has 1 heterocycles. The first kappa shape index (κ1) is 29.5. The number of carboxylic acids is 1. The molecule has 5 nitrogen and oxygen atoms in total. The van der Waals surface area contributed by atoms with E-state index in [1.165, 1.54) is 29.2 Å². The van der Waals surface area contributed by atoms with Crippen LogP contribution in [0.5, 0.6) is 5.75 Å². The van der Waals surface area contributed by atoms with E-state index in [4.69, 9.17) is 14.9 Å². The Labute approximate surface area is 225 Å². The molecule has 1 fully saturated rings. The first-order valence-corrected chi connectivity index (χ1v) is 12.3. The molecule has 0 saturated carbocycles. The molecule has 3 aromatic rings. The molecule has 0 radical (unpaired) electrons. The zero-order valence-corrected chi connectivity index (χ0v) is 22.9. The van der Waals surface area contributed by atoms with E-state index in [1.807, 2.05) is 12.3 Å². The molecule has 1 aliphatic heterocycles. The van der Waals surface area contributed by atoms with E-state index in [0.717, 1.165) is 43.2 Å². The van der Waals surface area contributed by atoms with Crippen LogP contribution in [0.3, 0.4) is 0 Å². The maximum Gasteiger partial charge on any atom is 0.300 e. The van der Waals surface area contributed by atoms with Gasteiger partial charge in [-0.15, -0.1) is 0 Å². The molecular weight excluding hydrogens is 495 g/mol. The van der Waals surface area contributed by atoms with Crippen molar-refractivity contribution in [3.05, 3.63) is 76.9 Å². The van der Waals surface area contributed by atoms with Gasteiger partial charge in [0.2, 0.25) is 0 Å². The number of phenols is 1. The Morgan fingerprint density at radius 2 is 1.81 bits per heavy atom. The fourth-order valence-corrected chi connectivity index (χ4v) is 4.71. The summed E-state index contributed by atoms with van der Waals surface area (Å²) in [7, 11) is 0. The fraction of sp³-hybridized carbons (Fsp3) is 0.400. The molecule has 0 unspecified atom stereocenters. The Bertz CT molecular complexity index is 1190. The third-order valence-electron chi connectivity index (χ3n) is 6.39. The molecule has 2 N–H and O–H groups in total. The summed E-state index contributed by atoms with van der Waals surface area (Å²) in [5.41, 5.74) is 4.25. The van der Waals surface area contributed by atoms with Crippen molar-refractivity contribution >= 4 is 23.0 Å². The molecule has 0 bridgehead atoms. The Morgan fingerprint density at radius 3 is 2.50 bits per heavy atom.